The van der Waals surface area contributed by atoms with Crippen LogP contribution in [0.4, 0.5) is 10.2 Å². The molecule has 1 aromatic heterocycles. The number of halogens is 3. The van der Waals surface area contributed by atoms with Gasteiger partial charge in [-0.05, 0) is 12.1 Å². The summed E-state index contributed by atoms with van der Waals surface area (Å²) in [6.07, 6.45) is 0. The summed E-state index contributed by atoms with van der Waals surface area (Å²) >= 11 is 12.1. The van der Waals surface area contributed by atoms with Crippen molar-refractivity contribution in [2.24, 2.45) is 5.16 Å². The Morgan fingerprint density at radius 3 is 2.11 bits per heavy atom. The summed E-state index contributed by atoms with van der Waals surface area (Å²) in [4.78, 5) is 26.2. The van der Waals surface area contributed by atoms with Crippen LogP contribution in [0.2, 0.25) is 10.0 Å². The fraction of sp³-hybridized carbons (Fsp3) is 0.0400. The van der Waals surface area contributed by atoms with Crippen molar-refractivity contribution < 1.29 is 18.8 Å². The molecule has 0 aliphatic carbocycles. The van der Waals surface area contributed by atoms with Crippen LogP contribution < -0.4 is 10.5 Å². The zero-order chi connectivity index (χ0) is 24.9. The molecule has 0 radical (unpaired) electrons. The van der Waals surface area contributed by atoms with Crippen molar-refractivity contribution in [3.05, 3.63) is 105 Å². The molecule has 0 bridgehead atoms. The van der Waals surface area contributed by atoms with Gasteiger partial charge in [0.2, 0.25) is 0 Å². The van der Waals surface area contributed by atoms with Gasteiger partial charge in [0.25, 0.3) is 0 Å². The van der Waals surface area contributed by atoms with E-state index in [2.05, 4.69) is 15.1 Å². The Morgan fingerprint density at radius 1 is 0.943 bits per heavy atom. The fourth-order valence-corrected chi connectivity index (χ4v) is 3.59. The predicted octanol–water partition coefficient (Wildman–Crippen LogP) is 5.79. The Labute approximate surface area is 209 Å². The zero-order valence-corrected chi connectivity index (χ0v) is 19.7. The van der Waals surface area contributed by atoms with E-state index in [4.69, 9.17) is 38.5 Å². The SMILES string of the molecule is COc1c(Cl)ccc(-c2nc(N)c(Cl)c(C(=O)ON=C(c3ccccc3)c3ccccc3)n2)c1F. The number of methoxy groups -OCH3 is 1. The Kier molecular flexibility index (Phi) is 7.24. The number of nitrogens with zero attached hydrogens (tertiary/aromatic N) is 3. The first kappa shape index (κ1) is 24.1. The molecule has 0 fully saturated rings. The maximum Gasteiger partial charge on any atom is 0.385 e. The number of anilines is 1. The van der Waals surface area contributed by atoms with E-state index >= 15 is 0 Å². The molecule has 0 atom stereocenters. The molecular formula is C25H17Cl2FN4O3. The summed E-state index contributed by atoms with van der Waals surface area (Å²) in [5.41, 5.74) is 7.25. The van der Waals surface area contributed by atoms with Gasteiger partial charge in [-0.3, -0.25) is 0 Å². The number of hydrogen-bond donors (Lipinski definition) is 1. The molecule has 0 saturated carbocycles. The van der Waals surface area contributed by atoms with E-state index in [-0.39, 0.29) is 38.7 Å². The molecular weight excluding hydrogens is 494 g/mol. The minimum absolute atomic E-state index is 0.0546. The Balaban J connectivity index is 1.73. The molecule has 0 unspecified atom stereocenters. The minimum Gasteiger partial charge on any atom is -0.492 e. The lowest BCUT2D eigenvalue weighted by molar-refractivity contribution is 0.0510. The first-order chi connectivity index (χ1) is 16.9. The number of aromatic nitrogens is 2. The molecule has 0 spiro atoms. The van der Waals surface area contributed by atoms with Gasteiger partial charge in [-0.1, -0.05) is 89.0 Å². The second-order valence-electron chi connectivity index (χ2n) is 7.09. The van der Waals surface area contributed by atoms with Crippen molar-refractivity contribution in [1.29, 1.82) is 0 Å². The van der Waals surface area contributed by atoms with Crippen molar-refractivity contribution in [2.75, 3.05) is 12.8 Å². The van der Waals surface area contributed by atoms with Crippen LogP contribution in [0, 0.1) is 5.82 Å². The lowest BCUT2D eigenvalue weighted by Gasteiger charge is -2.11. The number of benzene rings is 3. The maximum atomic E-state index is 14.9. The highest BCUT2D eigenvalue weighted by molar-refractivity contribution is 6.35. The van der Waals surface area contributed by atoms with Gasteiger partial charge in [-0.15, -0.1) is 0 Å². The van der Waals surface area contributed by atoms with Crippen LogP contribution in [-0.2, 0) is 4.84 Å². The van der Waals surface area contributed by atoms with Gasteiger partial charge in [0, 0.05) is 11.1 Å². The number of ether oxygens (including phenoxy) is 1. The summed E-state index contributed by atoms with van der Waals surface area (Å²) in [5, 5.41) is 3.87. The number of nitrogens with two attached hydrogens (primary N) is 1. The molecule has 0 saturated heterocycles. The summed E-state index contributed by atoms with van der Waals surface area (Å²) in [6.45, 7) is 0. The van der Waals surface area contributed by atoms with E-state index in [9.17, 15) is 9.18 Å². The third-order valence-corrected chi connectivity index (χ3v) is 5.55. The third-order valence-electron chi connectivity index (χ3n) is 4.88. The van der Waals surface area contributed by atoms with Crippen molar-refractivity contribution in [3.63, 3.8) is 0 Å². The highest BCUT2D eigenvalue weighted by Crippen LogP contribution is 2.35. The van der Waals surface area contributed by atoms with Crippen molar-refractivity contribution >= 4 is 40.7 Å². The highest BCUT2D eigenvalue weighted by atomic mass is 35.5. The number of oxime groups is 1. The predicted molar refractivity (Wildman–Crippen MR) is 132 cm³/mol. The third kappa shape index (κ3) is 5.08. The number of rotatable bonds is 6. The molecule has 0 amide bonds. The molecule has 4 aromatic rings. The number of nitrogen functional groups attached to an aromatic ring is 1. The lowest BCUT2D eigenvalue weighted by Crippen LogP contribution is -2.12. The molecule has 35 heavy (non-hydrogen) atoms. The van der Waals surface area contributed by atoms with Gasteiger partial charge in [-0.25, -0.2) is 19.2 Å². The normalized spacial score (nSPS) is 10.5. The summed E-state index contributed by atoms with van der Waals surface area (Å²) < 4.78 is 19.9. The van der Waals surface area contributed by atoms with E-state index < -0.39 is 11.8 Å². The second-order valence-corrected chi connectivity index (χ2v) is 7.87. The average Bonchev–Trinajstić information content (AvgIpc) is 2.87. The van der Waals surface area contributed by atoms with Gasteiger partial charge in [0.05, 0.1) is 17.7 Å². The highest BCUT2D eigenvalue weighted by Gasteiger charge is 2.23. The number of carbonyl (C=O) groups is 1. The first-order valence-electron chi connectivity index (χ1n) is 10.2. The number of hydrogen-bond acceptors (Lipinski definition) is 7. The van der Waals surface area contributed by atoms with Gasteiger partial charge < -0.3 is 15.3 Å². The molecule has 176 valence electrons. The molecule has 10 heteroatoms. The smallest absolute Gasteiger partial charge is 0.385 e. The maximum absolute atomic E-state index is 14.9. The van der Waals surface area contributed by atoms with E-state index in [0.29, 0.717) is 5.71 Å². The summed E-state index contributed by atoms with van der Waals surface area (Å²) in [7, 11) is 1.27. The summed E-state index contributed by atoms with van der Waals surface area (Å²) in [5.74, 6) is -2.48. The second kappa shape index (κ2) is 10.5. The molecule has 2 N–H and O–H groups in total. The van der Waals surface area contributed by atoms with E-state index in [1.807, 2.05) is 60.7 Å². The van der Waals surface area contributed by atoms with E-state index in [0.717, 1.165) is 11.1 Å². The molecule has 7 nitrogen and oxygen atoms in total. The molecule has 1 heterocycles. The molecule has 3 aromatic carbocycles. The van der Waals surface area contributed by atoms with Crippen LogP contribution in [-0.4, -0.2) is 28.8 Å². The number of carbonyl (C=O) groups excluding carboxylic acids is 1. The van der Waals surface area contributed by atoms with Crippen LogP contribution in [0.3, 0.4) is 0 Å². The zero-order valence-electron chi connectivity index (χ0n) is 18.2. The molecule has 0 aliphatic heterocycles. The molecule has 4 rings (SSSR count). The van der Waals surface area contributed by atoms with Crippen molar-refractivity contribution in [2.45, 2.75) is 0 Å². The van der Waals surface area contributed by atoms with Crippen LogP contribution >= 0.6 is 23.2 Å². The van der Waals surface area contributed by atoms with Crippen molar-refractivity contribution in [3.8, 4) is 17.1 Å². The quantitative estimate of drug-likeness (QED) is 0.200. The lowest BCUT2D eigenvalue weighted by atomic mass is 10.0. The first-order valence-corrected chi connectivity index (χ1v) is 10.9. The van der Waals surface area contributed by atoms with Crippen molar-refractivity contribution in [1.82, 2.24) is 9.97 Å². The Hall–Kier alpha value is -4.01. The fourth-order valence-electron chi connectivity index (χ4n) is 3.21. The standard InChI is InChI=1S/C25H17Cl2FN4O3/c1-34-22-17(26)13-12-16(19(22)28)24-30-21(18(27)23(29)31-24)25(33)35-32-20(14-8-4-2-5-9-14)15-10-6-3-7-11-15/h2-13H,1H3,(H2,29,30,31). The topological polar surface area (TPSA) is 99.7 Å². The van der Waals surface area contributed by atoms with Crippen LogP contribution in [0.25, 0.3) is 11.4 Å². The average molecular weight is 511 g/mol. The van der Waals surface area contributed by atoms with Gasteiger partial charge in [0.15, 0.2) is 23.1 Å². The Bertz CT molecular complexity index is 1380. The van der Waals surface area contributed by atoms with Crippen LogP contribution in [0.15, 0.2) is 78.0 Å². The van der Waals surface area contributed by atoms with Crippen LogP contribution in [0.5, 0.6) is 5.75 Å². The summed E-state index contributed by atoms with van der Waals surface area (Å²) in [6, 6.07) is 21.1. The monoisotopic (exact) mass is 510 g/mol. The van der Waals surface area contributed by atoms with E-state index in [1.165, 1.54) is 19.2 Å². The van der Waals surface area contributed by atoms with Gasteiger partial charge in [-0.2, -0.15) is 0 Å². The molecule has 0 aliphatic rings. The van der Waals surface area contributed by atoms with Gasteiger partial charge in [0.1, 0.15) is 16.6 Å². The largest absolute Gasteiger partial charge is 0.492 e. The van der Waals surface area contributed by atoms with E-state index in [1.54, 1.807) is 0 Å². The van der Waals surface area contributed by atoms with Gasteiger partial charge >= 0.3 is 5.97 Å². The minimum atomic E-state index is -1.00. The van der Waals surface area contributed by atoms with Crippen LogP contribution in [0.1, 0.15) is 21.6 Å². The Morgan fingerprint density at radius 2 is 1.54 bits per heavy atom.